The number of ketones is 1. The van der Waals surface area contributed by atoms with Gasteiger partial charge in [-0.1, -0.05) is 48.5 Å². The third-order valence-electron chi connectivity index (χ3n) is 6.56. The second-order valence-electron chi connectivity index (χ2n) is 9.08. The van der Waals surface area contributed by atoms with E-state index in [1.165, 1.54) is 6.07 Å². The van der Waals surface area contributed by atoms with E-state index in [0.717, 1.165) is 58.4 Å². The van der Waals surface area contributed by atoms with Crippen LogP contribution in [0.1, 0.15) is 65.5 Å². The van der Waals surface area contributed by atoms with Gasteiger partial charge in [0.25, 0.3) is 0 Å². The van der Waals surface area contributed by atoms with Gasteiger partial charge in [0.15, 0.2) is 5.78 Å². The van der Waals surface area contributed by atoms with Crippen LogP contribution >= 0.6 is 0 Å². The van der Waals surface area contributed by atoms with Crippen molar-refractivity contribution in [3.8, 4) is 0 Å². The smallest absolute Gasteiger partial charge is 0.165 e. The molecule has 0 radical (unpaired) electrons. The maximum absolute atomic E-state index is 13.6. The van der Waals surface area contributed by atoms with Crippen LogP contribution in [0.4, 0.5) is 4.39 Å². The van der Waals surface area contributed by atoms with E-state index in [-0.39, 0.29) is 11.6 Å². The molecule has 0 spiro atoms. The quantitative estimate of drug-likeness (QED) is 0.241. The van der Waals surface area contributed by atoms with Gasteiger partial charge in [-0.25, -0.2) is 4.39 Å². The highest BCUT2D eigenvalue weighted by molar-refractivity contribution is 5.97. The monoisotopic (exact) mass is 467 g/mol. The molecule has 0 saturated heterocycles. The summed E-state index contributed by atoms with van der Waals surface area (Å²) in [7, 11) is 0. The Kier molecular flexibility index (Phi) is 8.15. The Morgan fingerprint density at radius 3 is 2.49 bits per heavy atom. The summed E-state index contributed by atoms with van der Waals surface area (Å²) in [6, 6.07) is 20.5. The van der Waals surface area contributed by atoms with Gasteiger partial charge in [0, 0.05) is 12.0 Å². The Balaban J connectivity index is 1.56. The number of aldehydes is 1. The Morgan fingerprint density at radius 2 is 1.74 bits per heavy atom. The van der Waals surface area contributed by atoms with E-state index < -0.39 is 0 Å². The van der Waals surface area contributed by atoms with Crippen molar-refractivity contribution in [2.45, 2.75) is 51.9 Å². The van der Waals surface area contributed by atoms with Crippen molar-refractivity contribution in [2.24, 2.45) is 0 Å². The van der Waals surface area contributed by atoms with Crippen molar-refractivity contribution in [3.05, 3.63) is 118 Å². The number of halogens is 1. The number of carbonyl (C=O) groups is 2. The molecule has 0 aliphatic heterocycles. The van der Waals surface area contributed by atoms with Crippen molar-refractivity contribution < 1.29 is 14.0 Å². The fraction of sp³-hybridized carbons (Fsp3) is 0.258. The summed E-state index contributed by atoms with van der Waals surface area (Å²) >= 11 is 0. The molecule has 0 bridgehead atoms. The topological polar surface area (TPSA) is 47.0 Å². The number of allylic oxidation sites excluding steroid dienone is 4. The maximum Gasteiger partial charge on any atom is 0.165 e. The van der Waals surface area contributed by atoms with E-state index in [1.54, 1.807) is 12.1 Å². The molecule has 3 aromatic rings. The second-order valence-corrected chi connectivity index (χ2v) is 9.08. The molecule has 1 aliphatic rings. The minimum Gasteiger partial charge on any atom is -0.298 e. The van der Waals surface area contributed by atoms with Crippen molar-refractivity contribution in [3.63, 3.8) is 0 Å². The molecule has 1 aliphatic carbocycles. The van der Waals surface area contributed by atoms with Crippen molar-refractivity contribution in [2.75, 3.05) is 0 Å². The van der Waals surface area contributed by atoms with E-state index in [1.807, 2.05) is 61.5 Å². The molecule has 0 fully saturated rings. The lowest BCUT2D eigenvalue weighted by Gasteiger charge is -2.17. The Labute approximate surface area is 206 Å². The maximum atomic E-state index is 13.6. The Morgan fingerprint density at radius 1 is 0.943 bits per heavy atom. The zero-order chi connectivity index (χ0) is 24.6. The van der Waals surface area contributed by atoms with Gasteiger partial charge in [-0.05, 0) is 97.6 Å². The number of aryl methyl sites for hydroxylation is 3. The average Bonchev–Trinajstić information content (AvgIpc) is 2.88. The van der Waals surface area contributed by atoms with Crippen LogP contribution in [0.15, 0.2) is 84.0 Å². The van der Waals surface area contributed by atoms with E-state index in [0.29, 0.717) is 37.7 Å². The summed E-state index contributed by atoms with van der Waals surface area (Å²) < 4.78 is 13.6. The molecule has 0 saturated carbocycles. The molecule has 1 heterocycles. The van der Waals surface area contributed by atoms with Gasteiger partial charge in [-0.15, -0.1) is 0 Å². The molecule has 0 unspecified atom stereocenters. The molecule has 0 amide bonds. The first-order valence-electron chi connectivity index (χ1n) is 12.2. The van der Waals surface area contributed by atoms with Gasteiger partial charge in [0.05, 0.1) is 11.4 Å². The predicted molar refractivity (Wildman–Crippen MR) is 138 cm³/mol. The predicted octanol–water partition coefficient (Wildman–Crippen LogP) is 6.90. The molecular weight excluding hydrogens is 437 g/mol. The first-order valence-corrected chi connectivity index (χ1v) is 12.2. The standard InChI is InChI=1S/C31H30FNO2/c1-22-19-25(14-15-26(22)21-34)29-17-16-28(31(35)18-13-23-7-3-2-4-8-23)30(33-29)12-6-10-24-9-5-11-27(32)20-24/h2-5,7-9,11,16-17,19-21H,6,10,12-15,18H2,1H3. The van der Waals surface area contributed by atoms with Gasteiger partial charge in [-0.3, -0.25) is 14.6 Å². The van der Waals surface area contributed by atoms with Crippen LogP contribution < -0.4 is 0 Å². The number of nitrogens with zero attached hydrogens (tertiary/aromatic N) is 1. The van der Waals surface area contributed by atoms with Gasteiger partial charge in [-0.2, -0.15) is 0 Å². The summed E-state index contributed by atoms with van der Waals surface area (Å²) in [6.07, 6.45) is 7.66. The lowest BCUT2D eigenvalue weighted by Crippen LogP contribution is -2.10. The molecule has 0 N–H and O–H groups in total. The van der Waals surface area contributed by atoms with Gasteiger partial charge in [0.1, 0.15) is 12.1 Å². The molecule has 35 heavy (non-hydrogen) atoms. The third kappa shape index (κ3) is 6.48. The number of pyridine rings is 1. The highest BCUT2D eigenvalue weighted by Gasteiger charge is 2.17. The molecule has 178 valence electrons. The highest BCUT2D eigenvalue weighted by atomic mass is 19.1. The average molecular weight is 468 g/mol. The highest BCUT2D eigenvalue weighted by Crippen LogP contribution is 2.30. The summed E-state index contributed by atoms with van der Waals surface area (Å²) in [6.45, 7) is 1.95. The molecule has 0 atom stereocenters. The molecule has 4 heteroatoms. The normalized spacial score (nSPS) is 13.5. The van der Waals surface area contributed by atoms with Crippen molar-refractivity contribution >= 4 is 17.6 Å². The van der Waals surface area contributed by atoms with Gasteiger partial charge >= 0.3 is 0 Å². The minimum atomic E-state index is -0.234. The Bertz CT molecular complexity index is 1270. The van der Waals surface area contributed by atoms with Crippen LogP contribution in [0.5, 0.6) is 0 Å². The van der Waals surface area contributed by atoms with Crippen molar-refractivity contribution in [1.29, 1.82) is 0 Å². The van der Waals surface area contributed by atoms with E-state index in [2.05, 4.69) is 0 Å². The van der Waals surface area contributed by atoms with Crippen molar-refractivity contribution in [1.82, 2.24) is 4.98 Å². The summed E-state index contributed by atoms with van der Waals surface area (Å²) in [5.41, 5.74) is 7.28. The summed E-state index contributed by atoms with van der Waals surface area (Å²) in [4.78, 5) is 29.4. The number of aromatic nitrogens is 1. The zero-order valence-electron chi connectivity index (χ0n) is 20.1. The van der Waals surface area contributed by atoms with E-state index >= 15 is 0 Å². The van der Waals surface area contributed by atoms with Crippen LogP contribution in [-0.4, -0.2) is 17.1 Å². The van der Waals surface area contributed by atoms with Gasteiger partial charge < -0.3 is 0 Å². The summed E-state index contributed by atoms with van der Waals surface area (Å²) in [5, 5.41) is 0. The molecule has 3 nitrogen and oxygen atoms in total. The van der Waals surface area contributed by atoms with E-state index in [4.69, 9.17) is 4.98 Å². The lowest BCUT2D eigenvalue weighted by molar-refractivity contribution is -0.105. The summed E-state index contributed by atoms with van der Waals surface area (Å²) in [5.74, 6) is -0.146. The zero-order valence-corrected chi connectivity index (χ0v) is 20.1. The van der Waals surface area contributed by atoms with Crippen LogP contribution in [0.25, 0.3) is 5.57 Å². The van der Waals surface area contributed by atoms with Crippen LogP contribution in [0, 0.1) is 5.82 Å². The first-order chi connectivity index (χ1) is 17.0. The van der Waals surface area contributed by atoms with E-state index in [9.17, 15) is 14.0 Å². The van der Waals surface area contributed by atoms with Gasteiger partial charge in [0.2, 0.25) is 0 Å². The Hall–Kier alpha value is -3.66. The number of hydrogen-bond acceptors (Lipinski definition) is 3. The minimum absolute atomic E-state index is 0.0885. The van der Waals surface area contributed by atoms with Crippen LogP contribution in [0.2, 0.25) is 0 Å². The molecule has 4 rings (SSSR count). The number of Topliss-reactive ketones (excluding diaryl/α,β-unsaturated/α-hetero) is 1. The number of benzene rings is 2. The SMILES string of the molecule is CC1=C(C=O)CCC(c2ccc(C(=O)CCc3ccccc3)c(CCCc3cccc(F)c3)n2)=C1. The fourth-order valence-corrected chi connectivity index (χ4v) is 4.56. The van der Waals surface area contributed by atoms with Crippen LogP contribution in [-0.2, 0) is 24.1 Å². The number of carbonyl (C=O) groups excluding carboxylic acids is 2. The first kappa shape index (κ1) is 24.5. The second kappa shape index (κ2) is 11.7. The third-order valence-corrected chi connectivity index (χ3v) is 6.56. The molecule has 1 aromatic heterocycles. The number of hydrogen-bond donors (Lipinski definition) is 0. The molecular formula is C31H30FNO2. The van der Waals surface area contributed by atoms with Crippen LogP contribution in [0.3, 0.4) is 0 Å². The fourth-order valence-electron chi connectivity index (χ4n) is 4.56. The molecule has 2 aromatic carbocycles. The number of rotatable bonds is 10. The largest absolute Gasteiger partial charge is 0.298 e. The lowest BCUT2D eigenvalue weighted by atomic mass is 9.91.